The lowest BCUT2D eigenvalue weighted by Gasteiger charge is -2.08. The maximum Gasteiger partial charge on any atom is 0.329 e. The summed E-state index contributed by atoms with van der Waals surface area (Å²) in [6.45, 7) is -1.14. The molecule has 1 aromatic carbocycles. The number of halogens is 2. The second kappa shape index (κ2) is 8.02. The summed E-state index contributed by atoms with van der Waals surface area (Å²) >= 11 is 7.97. The third kappa shape index (κ3) is 6.17. The van der Waals surface area contributed by atoms with Crippen LogP contribution in [0.25, 0.3) is 0 Å². The molecule has 7 nitrogen and oxygen atoms in total. The van der Waals surface area contributed by atoms with Crippen molar-refractivity contribution in [2.75, 3.05) is 18.5 Å². The number of imide groups is 1. The van der Waals surface area contributed by atoms with Crippen LogP contribution in [0.3, 0.4) is 0 Å². The Hall–Kier alpha value is -1.39. The molecule has 0 saturated carbocycles. The average Bonchev–Trinajstić information content (AvgIpc) is 2.32. The summed E-state index contributed by atoms with van der Waals surface area (Å²) in [4.78, 5) is 32.9. The van der Waals surface area contributed by atoms with Crippen LogP contribution in [0, 0.1) is 3.57 Å². The maximum atomic E-state index is 11.5. The fraction of sp³-hybridized carbons (Fsp3) is 0.182. The highest BCUT2D eigenvalue weighted by molar-refractivity contribution is 14.1. The Bertz CT molecular complexity index is 538. The first kappa shape index (κ1) is 16.7. The molecule has 20 heavy (non-hydrogen) atoms. The summed E-state index contributed by atoms with van der Waals surface area (Å²) < 4.78 is 5.43. The molecule has 1 aromatic rings. The molecule has 9 heteroatoms. The average molecular weight is 413 g/mol. The highest BCUT2D eigenvalue weighted by Gasteiger charge is 2.10. The summed E-state index contributed by atoms with van der Waals surface area (Å²) in [5.74, 6) is -1.96. The number of carboxylic acid groups (broad SMARTS) is 1. The minimum Gasteiger partial charge on any atom is -0.480 e. The Labute approximate surface area is 132 Å². The summed E-state index contributed by atoms with van der Waals surface area (Å²) in [5.41, 5.74) is 0.351. The number of urea groups is 1. The molecule has 0 spiro atoms. The van der Waals surface area contributed by atoms with Gasteiger partial charge in [-0.25, -0.2) is 9.59 Å². The number of carbonyl (C=O) groups excluding carboxylic acids is 2. The van der Waals surface area contributed by atoms with Crippen molar-refractivity contribution in [1.29, 1.82) is 0 Å². The molecular weight excluding hydrogens is 402 g/mol. The van der Waals surface area contributed by atoms with Gasteiger partial charge in [-0.2, -0.15) is 0 Å². The molecule has 0 bridgehead atoms. The van der Waals surface area contributed by atoms with Gasteiger partial charge in [0.2, 0.25) is 0 Å². The molecule has 3 N–H and O–H groups in total. The molecular formula is C11H10ClIN2O5. The second-order valence-corrected chi connectivity index (χ2v) is 5.17. The third-order valence-corrected chi connectivity index (χ3v) is 2.87. The second-order valence-electron chi connectivity index (χ2n) is 3.51. The van der Waals surface area contributed by atoms with Gasteiger partial charge in [-0.05, 0) is 40.8 Å². The minimum atomic E-state index is -1.20. The molecule has 0 aliphatic carbocycles. The van der Waals surface area contributed by atoms with Crippen molar-refractivity contribution in [2.24, 2.45) is 0 Å². The lowest BCUT2D eigenvalue weighted by atomic mass is 10.3. The predicted molar refractivity (Wildman–Crippen MR) is 79.8 cm³/mol. The number of benzene rings is 1. The summed E-state index contributed by atoms with van der Waals surface area (Å²) in [6, 6.07) is 4.20. The van der Waals surface area contributed by atoms with Crippen LogP contribution in [0.2, 0.25) is 5.02 Å². The van der Waals surface area contributed by atoms with E-state index in [0.29, 0.717) is 10.7 Å². The summed E-state index contributed by atoms with van der Waals surface area (Å²) in [5, 5.41) is 13.0. The van der Waals surface area contributed by atoms with Crippen molar-refractivity contribution in [2.45, 2.75) is 0 Å². The van der Waals surface area contributed by atoms with E-state index in [0.717, 1.165) is 3.57 Å². The molecule has 3 amide bonds. The van der Waals surface area contributed by atoms with Crippen molar-refractivity contribution in [3.8, 4) is 0 Å². The van der Waals surface area contributed by atoms with Gasteiger partial charge >= 0.3 is 12.0 Å². The lowest BCUT2D eigenvalue weighted by Crippen LogP contribution is -2.37. The topological polar surface area (TPSA) is 105 Å². The van der Waals surface area contributed by atoms with E-state index in [9.17, 15) is 14.4 Å². The van der Waals surface area contributed by atoms with Crippen LogP contribution in [-0.4, -0.2) is 36.2 Å². The number of aliphatic carboxylic acids is 1. The van der Waals surface area contributed by atoms with Gasteiger partial charge in [0.25, 0.3) is 5.91 Å². The van der Waals surface area contributed by atoms with Crippen LogP contribution >= 0.6 is 34.2 Å². The fourth-order valence-electron chi connectivity index (χ4n) is 1.14. The Balaban J connectivity index is 2.43. The molecule has 0 aliphatic rings. The van der Waals surface area contributed by atoms with Crippen molar-refractivity contribution >= 4 is 57.8 Å². The number of hydrogen-bond acceptors (Lipinski definition) is 4. The van der Waals surface area contributed by atoms with Crippen LogP contribution in [0.15, 0.2) is 18.2 Å². The maximum absolute atomic E-state index is 11.5. The van der Waals surface area contributed by atoms with E-state index in [1.54, 1.807) is 18.2 Å². The zero-order chi connectivity index (χ0) is 15.1. The first-order valence-corrected chi connectivity index (χ1v) is 6.69. The number of hydrogen-bond donors (Lipinski definition) is 3. The summed E-state index contributed by atoms with van der Waals surface area (Å²) in [7, 11) is 0. The van der Waals surface area contributed by atoms with Crippen LogP contribution in [0.5, 0.6) is 0 Å². The van der Waals surface area contributed by atoms with E-state index in [4.69, 9.17) is 16.7 Å². The number of ether oxygens (including phenoxy) is 1. The van der Waals surface area contributed by atoms with Crippen LogP contribution in [0.1, 0.15) is 0 Å². The van der Waals surface area contributed by atoms with E-state index < -0.39 is 31.1 Å². The van der Waals surface area contributed by atoms with Gasteiger partial charge in [0, 0.05) is 3.57 Å². The smallest absolute Gasteiger partial charge is 0.329 e. The number of nitrogens with one attached hydrogen (secondary N) is 2. The molecule has 0 fully saturated rings. The van der Waals surface area contributed by atoms with Gasteiger partial charge in [0.1, 0.15) is 13.2 Å². The fourth-order valence-corrected chi connectivity index (χ4v) is 2.04. The Morgan fingerprint density at radius 1 is 1.30 bits per heavy atom. The van der Waals surface area contributed by atoms with Crippen molar-refractivity contribution in [3.63, 3.8) is 0 Å². The van der Waals surface area contributed by atoms with Gasteiger partial charge in [0.15, 0.2) is 0 Å². The zero-order valence-corrected chi connectivity index (χ0v) is 12.9. The van der Waals surface area contributed by atoms with Gasteiger partial charge in [-0.3, -0.25) is 10.1 Å². The van der Waals surface area contributed by atoms with E-state index in [1.807, 2.05) is 5.32 Å². The molecule has 0 aromatic heterocycles. The largest absolute Gasteiger partial charge is 0.480 e. The van der Waals surface area contributed by atoms with Gasteiger partial charge < -0.3 is 15.2 Å². The predicted octanol–water partition coefficient (Wildman–Crippen LogP) is 1.69. The monoisotopic (exact) mass is 412 g/mol. The quantitative estimate of drug-likeness (QED) is 0.639. The molecule has 108 valence electrons. The normalized spacial score (nSPS) is 9.90. The van der Waals surface area contributed by atoms with Gasteiger partial charge in [-0.15, -0.1) is 0 Å². The first-order chi connectivity index (χ1) is 9.38. The SMILES string of the molecule is O=C(O)COCC(=O)NC(=O)Nc1ccc(I)cc1Cl. The Morgan fingerprint density at radius 2 is 2.00 bits per heavy atom. The van der Waals surface area contributed by atoms with Gasteiger partial charge in [-0.1, -0.05) is 11.6 Å². The Kier molecular flexibility index (Phi) is 6.68. The first-order valence-electron chi connectivity index (χ1n) is 5.24. The Morgan fingerprint density at radius 3 is 2.60 bits per heavy atom. The zero-order valence-electron chi connectivity index (χ0n) is 9.98. The molecule has 0 heterocycles. The van der Waals surface area contributed by atoms with E-state index in [1.165, 1.54) is 0 Å². The number of carboxylic acids is 1. The number of rotatable bonds is 5. The van der Waals surface area contributed by atoms with E-state index >= 15 is 0 Å². The highest BCUT2D eigenvalue weighted by atomic mass is 127. The van der Waals surface area contributed by atoms with Crippen LogP contribution in [-0.2, 0) is 14.3 Å². The number of anilines is 1. The van der Waals surface area contributed by atoms with Crippen LogP contribution < -0.4 is 10.6 Å². The van der Waals surface area contributed by atoms with Gasteiger partial charge in [0.05, 0.1) is 10.7 Å². The van der Waals surface area contributed by atoms with Crippen molar-refractivity contribution in [3.05, 3.63) is 26.8 Å². The molecule has 0 aliphatic heterocycles. The standard InChI is InChI=1S/C11H10ClIN2O5/c12-7-3-6(13)1-2-8(7)14-11(19)15-9(16)4-20-5-10(17)18/h1-3H,4-5H2,(H,17,18)(H2,14,15,16,19). The number of amides is 3. The highest BCUT2D eigenvalue weighted by Crippen LogP contribution is 2.23. The summed E-state index contributed by atoms with van der Waals surface area (Å²) in [6.07, 6.45) is 0. The minimum absolute atomic E-state index is 0.335. The van der Waals surface area contributed by atoms with Crippen molar-refractivity contribution < 1.29 is 24.2 Å². The molecule has 0 radical (unpaired) electrons. The van der Waals surface area contributed by atoms with Crippen molar-refractivity contribution in [1.82, 2.24) is 5.32 Å². The number of carbonyl (C=O) groups is 3. The third-order valence-electron chi connectivity index (χ3n) is 1.89. The lowest BCUT2D eigenvalue weighted by molar-refractivity contribution is -0.143. The van der Waals surface area contributed by atoms with E-state index in [-0.39, 0.29) is 0 Å². The molecule has 0 atom stereocenters. The van der Waals surface area contributed by atoms with Crippen LogP contribution in [0.4, 0.5) is 10.5 Å². The molecule has 0 saturated heterocycles. The van der Waals surface area contributed by atoms with E-state index in [2.05, 4.69) is 32.6 Å². The molecule has 0 unspecified atom stereocenters. The molecule has 1 rings (SSSR count).